The number of halogens is 4. The molecular formula is C13H6BrCl2FN2. The predicted octanol–water partition coefficient (Wildman–Crippen LogP) is 5.21. The fourth-order valence-corrected chi connectivity index (χ4v) is 2.73. The first-order valence-electron chi connectivity index (χ1n) is 5.34. The minimum Gasteiger partial charge on any atom is -0.304 e. The van der Waals surface area contributed by atoms with Gasteiger partial charge in [-0.15, -0.1) is 0 Å². The Hall–Kier alpha value is -1.10. The van der Waals surface area contributed by atoms with E-state index in [-0.39, 0.29) is 5.82 Å². The number of benzene rings is 1. The van der Waals surface area contributed by atoms with Gasteiger partial charge in [0.2, 0.25) is 0 Å². The van der Waals surface area contributed by atoms with Gasteiger partial charge in [0.25, 0.3) is 0 Å². The molecule has 2 nitrogen and oxygen atoms in total. The fraction of sp³-hybridized carbons (Fsp3) is 0. The van der Waals surface area contributed by atoms with Gasteiger partial charge in [-0.3, -0.25) is 0 Å². The molecule has 2 aromatic heterocycles. The number of hydrogen-bond donors (Lipinski definition) is 0. The Bertz CT molecular complexity index is 786. The van der Waals surface area contributed by atoms with Crippen molar-refractivity contribution in [3.8, 4) is 11.3 Å². The lowest BCUT2D eigenvalue weighted by molar-refractivity contribution is 0.621. The van der Waals surface area contributed by atoms with Gasteiger partial charge in [-0.1, -0.05) is 23.2 Å². The summed E-state index contributed by atoms with van der Waals surface area (Å²) in [5.41, 5.74) is 2.11. The zero-order chi connectivity index (χ0) is 13.6. The standard InChI is InChI=1S/C13H6BrCl2FN2/c14-9-3-7(1-2-11(9)17)12-6-19-5-8(15)4-10(16)13(19)18-12/h1-6H. The average Bonchev–Trinajstić information content (AvgIpc) is 2.76. The Balaban J connectivity index is 2.20. The van der Waals surface area contributed by atoms with Gasteiger partial charge >= 0.3 is 0 Å². The molecule has 0 bridgehead atoms. The molecule has 1 aromatic carbocycles. The molecule has 6 heteroatoms. The highest BCUT2D eigenvalue weighted by Gasteiger charge is 2.10. The van der Waals surface area contributed by atoms with Crippen LogP contribution in [0.3, 0.4) is 0 Å². The van der Waals surface area contributed by atoms with E-state index in [1.54, 1.807) is 35.0 Å². The van der Waals surface area contributed by atoms with Crippen molar-refractivity contribution in [3.63, 3.8) is 0 Å². The lowest BCUT2D eigenvalue weighted by Crippen LogP contribution is -1.82. The summed E-state index contributed by atoms with van der Waals surface area (Å²) in [4.78, 5) is 4.42. The first kappa shape index (κ1) is 12.9. The second kappa shape index (κ2) is 4.78. The Labute approximate surface area is 126 Å². The molecule has 0 aliphatic carbocycles. The second-order valence-electron chi connectivity index (χ2n) is 3.99. The van der Waals surface area contributed by atoms with Crippen molar-refractivity contribution < 1.29 is 4.39 Å². The van der Waals surface area contributed by atoms with Crippen LogP contribution in [-0.2, 0) is 0 Å². The number of fused-ring (bicyclic) bond motifs is 1. The van der Waals surface area contributed by atoms with E-state index in [1.165, 1.54) is 6.07 Å². The van der Waals surface area contributed by atoms with Gasteiger partial charge in [0.05, 0.1) is 20.2 Å². The van der Waals surface area contributed by atoms with Crippen molar-refractivity contribution in [2.75, 3.05) is 0 Å². The molecule has 96 valence electrons. The Morgan fingerprint density at radius 2 is 1.95 bits per heavy atom. The molecule has 0 saturated heterocycles. The summed E-state index contributed by atoms with van der Waals surface area (Å²) in [7, 11) is 0. The van der Waals surface area contributed by atoms with Crippen LogP contribution >= 0.6 is 39.1 Å². The monoisotopic (exact) mass is 358 g/mol. The van der Waals surface area contributed by atoms with Crippen molar-refractivity contribution in [1.82, 2.24) is 9.38 Å². The van der Waals surface area contributed by atoms with Gasteiger partial charge in [-0.25, -0.2) is 9.37 Å². The van der Waals surface area contributed by atoms with Crippen LogP contribution in [0.15, 0.2) is 41.1 Å². The van der Waals surface area contributed by atoms with E-state index >= 15 is 0 Å². The molecule has 0 amide bonds. The van der Waals surface area contributed by atoms with Crippen LogP contribution in [0.25, 0.3) is 16.9 Å². The summed E-state index contributed by atoms with van der Waals surface area (Å²) in [5.74, 6) is -0.311. The van der Waals surface area contributed by atoms with E-state index in [0.29, 0.717) is 25.9 Å². The zero-order valence-electron chi connectivity index (χ0n) is 9.37. The fourth-order valence-electron chi connectivity index (χ4n) is 1.82. The van der Waals surface area contributed by atoms with Crippen LogP contribution in [0.5, 0.6) is 0 Å². The third kappa shape index (κ3) is 2.36. The van der Waals surface area contributed by atoms with Crippen molar-refractivity contribution in [2.45, 2.75) is 0 Å². The first-order chi connectivity index (χ1) is 9.04. The Morgan fingerprint density at radius 3 is 2.68 bits per heavy atom. The van der Waals surface area contributed by atoms with Gasteiger partial charge in [-0.05, 0) is 40.2 Å². The van der Waals surface area contributed by atoms with Gasteiger partial charge in [0.1, 0.15) is 5.82 Å². The van der Waals surface area contributed by atoms with E-state index in [4.69, 9.17) is 23.2 Å². The molecule has 0 fully saturated rings. The van der Waals surface area contributed by atoms with Crippen LogP contribution in [0.1, 0.15) is 0 Å². The highest BCUT2D eigenvalue weighted by atomic mass is 79.9. The maximum atomic E-state index is 13.2. The van der Waals surface area contributed by atoms with E-state index in [1.807, 2.05) is 0 Å². The largest absolute Gasteiger partial charge is 0.304 e. The van der Waals surface area contributed by atoms with Gasteiger partial charge in [0, 0.05) is 18.0 Å². The molecule has 3 rings (SSSR count). The van der Waals surface area contributed by atoms with Crippen molar-refractivity contribution in [2.24, 2.45) is 0 Å². The molecular weight excluding hydrogens is 354 g/mol. The second-order valence-corrected chi connectivity index (χ2v) is 5.69. The minimum absolute atomic E-state index is 0.311. The molecule has 0 radical (unpaired) electrons. The summed E-state index contributed by atoms with van der Waals surface area (Å²) in [6.07, 6.45) is 3.52. The van der Waals surface area contributed by atoms with E-state index < -0.39 is 0 Å². The number of pyridine rings is 1. The SMILES string of the molecule is Fc1ccc(-c2cn3cc(Cl)cc(Cl)c3n2)cc1Br. The zero-order valence-corrected chi connectivity index (χ0v) is 12.5. The maximum absolute atomic E-state index is 13.2. The van der Waals surface area contributed by atoms with E-state index in [9.17, 15) is 4.39 Å². The van der Waals surface area contributed by atoms with Gasteiger partial charge in [0.15, 0.2) is 5.65 Å². The molecule has 0 unspecified atom stereocenters. The van der Waals surface area contributed by atoms with Crippen molar-refractivity contribution in [3.05, 3.63) is 57.0 Å². The average molecular weight is 360 g/mol. The lowest BCUT2D eigenvalue weighted by Gasteiger charge is -1.98. The van der Waals surface area contributed by atoms with Gasteiger partial charge in [-0.2, -0.15) is 0 Å². The minimum atomic E-state index is -0.311. The number of rotatable bonds is 1. The number of imidazole rings is 1. The molecule has 0 aliphatic rings. The topological polar surface area (TPSA) is 17.3 Å². The number of nitrogens with zero attached hydrogens (tertiary/aromatic N) is 2. The van der Waals surface area contributed by atoms with Crippen LogP contribution in [0.2, 0.25) is 10.0 Å². The predicted molar refractivity (Wildman–Crippen MR) is 78.3 cm³/mol. The summed E-state index contributed by atoms with van der Waals surface area (Å²) in [6.45, 7) is 0. The number of hydrogen-bond acceptors (Lipinski definition) is 1. The van der Waals surface area contributed by atoms with E-state index in [2.05, 4.69) is 20.9 Å². The first-order valence-corrected chi connectivity index (χ1v) is 6.88. The third-order valence-electron chi connectivity index (χ3n) is 2.69. The Kier molecular flexibility index (Phi) is 3.25. The molecule has 0 saturated carbocycles. The molecule has 0 N–H and O–H groups in total. The smallest absolute Gasteiger partial charge is 0.156 e. The highest BCUT2D eigenvalue weighted by Crippen LogP contribution is 2.28. The normalized spacial score (nSPS) is 11.2. The van der Waals surface area contributed by atoms with E-state index in [0.717, 1.165) is 5.56 Å². The molecule has 0 atom stereocenters. The molecule has 3 aromatic rings. The summed E-state index contributed by atoms with van der Waals surface area (Å²) < 4.78 is 15.4. The summed E-state index contributed by atoms with van der Waals surface area (Å²) >= 11 is 15.2. The lowest BCUT2D eigenvalue weighted by atomic mass is 10.2. The highest BCUT2D eigenvalue weighted by molar-refractivity contribution is 9.10. The van der Waals surface area contributed by atoms with Crippen LogP contribution in [0, 0.1) is 5.82 Å². The van der Waals surface area contributed by atoms with Crippen molar-refractivity contribution >= 4 is 44.8 Å². The quantitative estimate of drug-likeness (QED) is 0.583. The summed E-state index contributed by atoms with van der Waals surface area (Å²) in [6, 6.07) is 6.36. The maximum Gasteiger partial charge on any atom is 0.156 e. The molecule has 0 aliphatic heterocycles. The number of aromatic nitrogens is 2. The van der Waals surface area contributed by atoms with Crippen molar-refractivity contribution in [1.29, 1.82) is 0 Å². The van der Waals surface area contributed by atoms with Crippen LogP contribution in [-0.4, -0.2) is 9.38 Å². The van der Waals surface area contributed by atoms with Gasteiger partial charge < -0.3 is 4.40 Å². The van der Waals surface area contributed by atoms with Crippen LogP contribution in [0.4, 0.5) is 4.39 Å². The Morgan fingerprint density at radius 1 is 1.16 bits per heavy atom. The molecule has 2 heterocycles. The molecule has 19 heavy (non-hydrogen) atoms. The van der Waals surface area contributed by atoms with Crippen LogP contribution < -0.4 is 0 Å². The third-order valence-corrected chi connectivity index (χ3v) is 3.78. The molecule has 0 spiro atoms. The summed E-state index contributed by atoms with van der Waals surface area (Å²) in [5, 5.41) is 1.00.